The first-order valence-corrected chi connectivity index (χ1v) is 11.3. The fourth-order valence-corrected chi connectivity index (χ4v) is 3.90. The van der Waals surface area contributed by atoms with Gasteiger partial charge in [0.2, 0.25) is 0 Å². The zero-order chi connectivity index (χ0) is 24.8. The quantitative estimate of drug-likeness (QED) is 0.708. The largest absolute Gasteiger partial charge is 0.491 e. The van der Waals surface area contributed by atoms with Gasteiger partial charge >= 0.3 is 6.03 Å². The van der Waals surface area contributed by atoms with Crippen LogP contribution in [0.1, 0.15) is 24.2 Å². The van der Waals surface area contributed by atoms with Gasteiger partial charge in [0.15, 0.2) is 0 Å². The van der Waals surface area contributed by atoms with Crippen LogP contribution in [0.25, 0.3) is 0 Å². The molecule has 0 aliphatic carbocycles. The van der Waals surface area contributed by atoms with Crippen LogP contribution < -0.4 is 15.4 Å². The van der Waals surface area contributed by atoms with Gasteiger partial charge in [0.05, 0.1) is 11.7 Å². The molecule has 1 aliphatic heterocycles. The highest BCUT2D eigenvalue weighted by atomic mass is 19.1. The Kier molecular flexibility index (Phi) is 8.46. The predicted octanol–water partition coefficient (Wildman–Crippen LogP) is 3.91. The molecule has 1 heterocycles. The normalized spacial score (nSPS) is 22.1. The highest BCUT2D eigenvalue weighted by Gasteiger charge is 2.27. The lowest BCUT2D eigenvalue weighted by molar-refractivity contribution is 0.0150. The van der Waals surface area contributed by atoms with Crippen molar-refractivity contribution >= 4 is 23.3 Å². The molecule has 184 valence electrons. The molecule has 3 rings (SSSR count). The van der Waals surface area contributed by atoms with E-state index < -0.39 is 11.8 Å². The van der Waals surface area contributed by atoms with Gasteiger partial charge in [0, 0.05) is 44.7 Å². The Morgan fingerprint density at radius 1 is 1.09 bits per heavy atom. The Morgan fingerprint density at radius 3 is 2.47 bits per heavy atom. The standard InChI is InChI=1S/C25H33FN4O4/c1-16-13-29(3)17(2)15-34-22-10-9-20(12-21(22)24(31)30(4)14-23(16)33-5)28-25(32)27-19-8-6-7-18(26)11-19/h6-12,16-17,23H,13-15H2,1-5H3,(H2,27,28,32)/t16-,17+,23+/m1/s1. The molecule has 0 saturated heterocycles. The Balaban J connectivity index is 1.85. The van der Waals surface area contributed by atoms with Crippen molar-refractivity contribution in [3.8, 4) is 5.75 Å². The molecule has 1 aliphatic rings. The van der Waals surface area contributed by atoms with Crippen molar-refractivity contribution in [1.82, 2.24) is 9.80 Å². The third-order valence-electron chi connectivity index (χ3n) is 6.10. The fraction of sp³-hybridized carbons (Fsp3) is 0.440. The first kappa shape index (κ1) is 25.5. The van der Waals surface area contributed by atoms with E-state index in [1.54, 1.807) is 43.3 Å². The maximum Gasteiger partial charge on any atom is 0.323 e. The van der Waals surface area contributed by atoms with Gasteiger partial charge in [-0.15, -0.1) is 0 Å². The van der Waals surface area contributed by atoms with Gasteiger partial charge in [-0.3, -0.25) is 9.69 Å². The zero-order valence-electron chi connectivity index (χ0n) is 20.3. The lowest BCUT2D eigenvalue weighted by atomic mass is 10.0. The van der Waals surface area contributed by atoms with E-state index in [4.69, 9.17) is 9.47 Å². The van der Waals surface area contributed by atoms with Crippen molar-refractivity contribution in [2.75, 3.05) is 51.5 Å². The molecule has 0 bridgehead atoms. The monoisotopic (exact) mass is 472 g/mol. The molecule has 2 N–H and O–H groups in total. The third kappa shape index (κ3) is 6.45. The van der Waals surface area contributed by atoms with Crippen molar-refractivity contribution in [1.29, 1.82) is 0 Å². The summed E-state index contributed by atoms with van der Waals surface area (Å²) in [6, 6.07) is 10.1. The van der Waals surface area contributed by atoms with Gasteiger partial charge in [0.1, 0.15) is 18.2 Å². The maximum absolute atomic E-state index is 13.4. The number of rotatable bonds is 3. The minimum absolute atomic E-state index is 0.120. The van der Waals surface area contributed by atoms with Crippen molar-refractivity contribution in [3.05, 3.63) is 53.8 Å². The van der Waals surface area contributed by atoms with Crippen LogP contribution in [0.4, 0.5) is 20.6 Å². The molecule has 2 aromatic rings. The lowest BCUT2D eigenvalue weighted by Crippen LogP contribution is -2.45. The van der Waals surface area contributed by atoms with Crippen LogP contribution in [0.5, 0.6) is 5.75 Å². The van der Waals surface area contributed by atoms with Gasteiger partial charge in [-0.05, 0) is 56.3 Å². The van der Waals surface area contributed by atoms with Gasteiger partial charge in [-0.2, -0.15) is 0 Å². The number of carbonyl (C=O) groups is 2. The second-order valence-corrected chi connectivity index (χ2v) is 8.84. The number of halogens is 1. The second-order valence-electron chi connectivity index (χ2n) is 8.84. The molecule has 0 radical (unpaired) electrons. The Morgan fingerprint density at radius 2 is 1.79 bits per heavy atom. The highest BCUT2D eigenvalue weighted by Crippen LogP contribution is 2.26. The Bertz CT molecular complexity index is 1020. The van der Waals surface area contributed by atoms with E-state index in [2.05, 4.69) is 29.4 Å². The maximum atomic E-state index is 13.4. The molecule has 3 atom stereocenters. The number of likely N-dealkylation sites (N-methyl/N-ethyl adjacent to an activating group) is 2. The molecule has 0 saturated carbocycles. The Labute approximate surface area is 200 Å². The summed E-state index contributed by atoms with van der Waals surface area (Å²) in [6.07, 6.45) is -0.134. The number of hydrogen-bond acceptors (Lipinski definition) is 5. The summed E-state index contributed by atoms with van der Waals surface area (Å²) in [4.78, 5) is 29.6. The summed E-state index contributed by atoms with van der Waals surface area (Å²) < 4.78 is 25.1. The van der Waals surface area contributed by atoms with Crippen LogP contribution in [0.15, 0.2) is 42.5 Å². The van der Waals surface area contributed by atoms with Gasteiger partial charge in [-0.1, -0.05) is 13.0 Å². The van der Waals surface area contributed by atoms with E-state index in [1.807, 2.05) is 7.05 Å². The number of fused-ring (bicyclic) bond motifs is 1. The van der Waals surface area contributed by atoms with E-state index in [-0.39, 0.29) is 24.0 Å². The van der Waals surface area contributed by atoms with Crippen LogP contribution >= 0.6 is 0 Å². The first-order chi connectivity index (χ1) is 16.2. The number of ether oxygens (including phenoxy) is 2. The van der Waals surface area contributed by atoms with Crippen LogP contribution in [-0.4, -0.2) is 74.8 Å². The van der Waals surface area contributed by atoms with E-state index in [0.717, 1.165) is 6.54 Å². The molecule has 2 aromatic carbocycles. The van der Waals surface area contributed by atoms with E-state index in [1.165, 1.54) is 18.2 Å². The molecule has 0 unspecified atom stereocenters. The first-order valence-electron chi connectivity index (χ1n) is 11.3. The number of nitrogens with one attached hydrogen (secondary N) is 2. The molecule has 0 spiro atoms. The number of methoxy groups -OCH3 is 1. The van der Waals surface area contributed by atoms with Crippen molar-refractivity contribution < 1.29 is 23.5 Å². The van der Waals surface area contributed by atoms with Crippen LogP contribution in [0.2, 0.25) is 0 Å². The summed E-state index contributed by atoms with van der Waals surface area (Å²) >= 11 is 0. The van der Waals surface area contributed by atoms with E-state index >= 15 is 0 Å². The number of hydrogen-bond donors (Lipinski definition) is 2. The summed E-state index contributed by atoms with van der Waals surface area (Å²) in [5.74, 6) is -0.0474. The number of nitrogens with zero attached hydrogens (tertiary/aromatic N) is 2. The Hall–Kier alpha value is -3.17. The minimum atomic E-state index is -0.552. The van der Waals surface area contributed by atoms with Crippen molar-refractivity contribution in [3.63, 3.8) is 0 Å². The van der Waals surface area contributed by atoms with Gasteiger partial charge in [0.25, 0.3) is 5.91 Å². The highest BCUT2D eigenvalue weighted by molar-refractivity contribution is 6.02. The van der Waals surface area contributed by atoms with Crippen molar-refractivity contribution in [2.24, 2.45) is 5.92 Å². The molecule has 0 fully saturated rings. The van der Waals surface area contributed by atoms with Crippen LogP contribution in [0, 0.1) is 11.7 Å². The average molecular weight is 473 g/mol. The number of anilines is 2. The number of amides is 3. The molecule has 8 nitrogen and oxygen atoms in total. The topological polar surface area (TPSA) is 83.1 Å². The SMILES string of the molecule is CO[C@H]1CN(C)C(=O)c2cc(NC(=O)Nc3cccc(F)c3)ccc2OC[C@H](C)N(C)C[C@H]1C. The zero-order valence-corrected chi connectivity index (χ0v) is 20.3. The van der Waals surface area contributed by atoms with Crippen LogP contribution in [0.3, 0.4) is 0 Å². The summed E-state index contributed by atoms with van der Waals surface area (Å²) in [5.41, 5.74) is 1.07. The lowest BCUT2D eigenvalue weighted by Gasteiger charge is -2.34. The van der Waals surface area contributed by atoms with Crippen LogP contribution in [-0.2, 0) is 4.74 Å². The minimum Gasteiger partial charge on any atom is -0.491 e. The third-order valence-corrected chi connectivity index (χ3v) is 6.10. The van der Waals surface area contributed by atoms with E-state index in [9.17, 15) is 14.0 Å². The molecular formula is C25H33FN4O4. The van der Waals surface area contributed by atoms with Gasteiger partial charge in [-0.25, -0.2) is 9.18 Å². The summed E-state index contributed by atoms with van der Waals surface area (Å²) in [5, 5.41) is 5.27. The van der Waals surface area contributed by atoms with E-state index in [0.29, 0.717) is 35.8 Å². The average Bonchev–Trinajstić information content (AvgIpc) is 2.79. The predicted molar refractivity (Wildman–Crippen MR) is 130 cm³/mol. The number of carbonyl (C=O) groups excluding carboxylic acids is 2. The molecule has 9 heteroatoms. The smallest absolute Gasteiger partial charge is 0.323 e. The number of benzene rings is 2. The molecule has 34 heavy (non-hydrogen) atoms. The number of urea groups is 1. The molecule has 3 amide bonds. The summed E-state index contributed by atoms with van der Waals surface area (Å²) in [7, 11) is 5.42. The second kappa shape index (κ2) is 11.3. The fourth-order valence-electron chi connectivity index (χ4n) is 3.90. The molecular weight excluding hydrogens is 439 g/mol. The van der Waals surface area contributed by atoms with Gasteiger partial charge < -0.3 is 25.0 Å². The summed E-state index contributed by atoms with van der Waals surface area (Å²) in [6.45, 7) is 5.80. The molecule has 0 aromatic heterocycles. The van der Waals surface area contributed by atoms with Crippen molar-refractivity contribution in [2.45, 2.75) is 26.0 Å².